The molecule has 0 aliphatic carbocycles. The molecule has 1 aliphatic heterocycles. The van der Waals surface area contributed by atoms with Crippen molar-refractivity contribution in [2.75, 3.05) is 25.1 Å². The first kappa shape index (κ1) is 15.7. The molecule has 0 bridgehead atoms. The van der Waals surface area contributed by atoms with E-state index in [2.05, 4.69) is 21.6 Å². The molecule has 0 saturated carbocycles. The van der Waals surface area contributed by atoms with Crippen molar-refractivity contribution in [3.8, 4) is 0 Å². The summed E-state index contributed by atoms with van der Waals surface area (Å²) in [6.07, 6.45) is 3.53. The average molecular weight is 295 g/mol. The number of carbonyl (C=O) groups excluding carboxylic acids is 1. The second kappa shape index (κ2) is 5.95. The number of ether oxygens (including phenoxy) is 1. The molecule has 116 valence electrons. The number of halogens is 1. The Labute approximate surface area is 124 Å². The van der Waals surface area contributed by atoms with Gasteiger partial charge in [-0.1, -0.05) is 13.3 Å². The molecule has 2 heterocycles. The highest BCUT2D eigenvalue weighted by Gasteiger charge is 2.30. The molecule has 0 saturated heterocycles. The molecule has 0 radical (unpaired) electrons. The third-order valence-corrected chi connectivity index (χ3v) is 3.64. The zero-order valence-electron chi connectivity index (χ0n) is 13.0. The zero-order chi connectivity index (χ0) is 15.6. The lowest BCUT2D eigenvalue weighted by molar-refractivity contribution is 0.0586. The summed E-state index contributed by atoms with van der Waals surface area (Å²) in [6.45, 7) is 6.20. The fraction of sp³-hybridized carbons (Fsp3) is 0.667. The molecule has 0 fully saturated rings. The summed E-state index contributed by atoms with van der Waals surface area (Å²) < 4.78 is 18.7. The monoisotopic (exact) mass is 295 g/mol. The molecule has 0 aromatic carbocycles. The van der Waals surface area contributed by atoms with Gasteiger partial charge in [-0.15, -0.1) is 0 Å². The van der Waals surface area contributed by atoms with Crippen molar-refractivity contribution in [2.45, 2.75) is 39.3 Å². The van der Waals surface area contributed by atoms with E-state index in [4.69, 9.17) is 0 Å². The second-order valence-corrected chi connectivity index (χ2v) is 6.11. The van der Waals surface area contributed by atoms with Crippen LogP contribution in [0.5, 0.6) is 0 Å². The minimum Gasteiger partial charge on any atom is -0.463 e. The minimum absolute atomic E-state index is 0.0212. The summed E-state index contributed by atoms with van der Waals surface area (Å²) in [6, 6.07) is 0. The number of hydrogen-bond acceptors (Lipinski definition) is 5. The molecule has 21 heavy (non-hydrogen) atoms. The standard InChI is InChI=1S/C15H22FN3O2/c1-5-10-6-11-7-17-12(14(20)21-4)18-13(11)19(8-10)9-15(2,3)16/h7,10H,5-6,8-9H2,1-4H3. The maximum absolute atomic E-state index is 14.0. The van der Waals surface area contributed by atoms with Crippen LogP contribution in [0.4, 0.5) is 10.2 Å². The number of anilines is 1. The topological polar surface area (TPSA) is 55.3 Å². The lowest BCUT2D eigenvalue weighted by Crippen LogP contribution is -2.43. The summed E-state index contributed by atoms with van der Waals surface area (Å²) in [4.78, 5) is 21.8. The van der Waals surface area contributed by atoms with E-state index in [1.807, 2.05) is 4.90 Å². The van der Waals surface area contributed by atoms with Crippen molar-refractivity contribution in [1.82, 2.24) is 9.97 Å². The van der Waals surface area contributed by atoms with Gasteiger partial charge >= 0.3 is 5.97 Å². The Morgan fingerprint density at radius 3 is 2.86 bits per heavy atom. The Morgan fingerprint density at radius 2 is 2.29 bits per heavy atom. The predicted octanol–water partition coefficient (Wildman–Crippen LogP) is 2.40. The van der Waals surface area contributed by atoms with Crippen LogP contribution in [-0.4, -0.2) is 41.8 Å². The number of carbonyl (C=O) groups is 1. The van der Waals surface area contributed by atoms with E-state index in [9.17, 15) is 9.18 Å². The molecule has 0 spiro atoms. The van der Waals surface area contributed by atoms with E-state index in [1.165, 1.54) is 7.11 Å². The molecule has 1 unspecified atom stereocenters. The fourth-order valence-corrected chi connectivity index (χ4v) is 2.65. The quantitative estimate of drug-likeness (QED) is 0.798. The van der Waals surface area contributed by atoms with Crippen molar-refractivity contribution in [3.63, 3.8) is 0 Å². The molecular formula is C15H22FN3O2. The summed E-state index contributed by atoms with van der Waals surface area (Å²) >= 11 is 0. The maximum Gasteiger partial charge on any atom is 0.376 e. The van der Waals surface area contributed by atoms with Crippen LogP contribution < -0.4 is 4.90 Å². The molecule has 6 heteroatoms. The van der Waals surface area contributed by atoms with Crippen molar-refractivity contribution >= 4 is 11.8 Å². The molecular weight excluding hydrogens is 273 g/mol. The zero-order valence-corrected chi connectivity index (χ0v) is 13.0. The number of alkyl halides is 1. The third-order valence-electron chi connectivity index (χ3n) is 3.64. The van der Waals surface area contributed by atoms with E-state index in [-0.39, 0.29) is 12.4 Å². The van der Waals surface area contributed by atoms with Crippen LogP contribution in [0.2, 0.25) is 0 Å². The fourth-order valence-electron chi connectivity index (χ4n) is 2.65. The Kier molecular flexibility index (Phi) is 4.44. The number of hydrogen-bond donors (Lipinski definition) is 0. The average Bonchev–Trinajstić information content (AvgIpc) is 2.44. The SMILES string of the molecule is CCC1Cc2cnc(C(=O)OC)nc2N(CC(C)(C)F)C1. The van der Waals surface area contributed by atoms with Gasteiger partial charge in [-0.25, -0.2) is 19.2 Å². The Morgan fingerprint density at radius 1 is 1.57 bits per heavy atom. The first-order chi connectivity index (χ1) is 9.84. The maximum atomic E-state index is 14.0. The third kappa shape index (κ3) is 3.68. The van der Waals surface area contributed by atoms with Gasteiger partial charge in [0.25, 0.3) is 0 Å². The summed E-state index contributed by atoms with van der Waals surface area (Å²) in [5.41, 5.74) is -0.367. The van der Waals surface area contributed by atoms with Crippen LogP contribution in [0.1, 0.15) is 43.4 Å². The molecule has 2 rings (SSSR count). The number of methoxy groups -OCH3 is 1. The van der Waals surface area contributed by atoms with Gasteiger partial charge in [0, 0.05) is 18.3 Å². The van der Waals surface area contributed by atoms with Crippen LogP contribution >= 0.6 is 0 Å². The molecule has 0 amide bonds. The van der Waals surface area contributed by atoms with E-state index in [1.54, 1.807) is 20.0 Å². The largest absolute Gasteiger partial charge is 0.463 e. The summed E-state index contributed by atoms with van der Waals surface area (Å²) in [5, 5.41) is 0. The molecule has 1 aromatic rings. The number of aromatic nitrogens is 2. The number of nitrogens with zero attached hydrogens (tertiary/aromatic N) is 3. The van der Waals surface area contributed by atoms with E-state index in [0.717, 1.165) is 24.9 Å². The van der Waals surface area contributed by atoms with Crippen LogP contribution in [0, 0.1) is 5.92 Å². The Hall–Kier alpha value is -1.72. The van der Waals surface area contributed by atoms with Gasteiger partial charge < -0.3 is 9.64 Å². The van der Waals surface area contributed by atoms with Crippen LogP contribution in [0.3, 0.4) is 0 Å². The number of esters is 1. The first-order valence-electron chi connectivity index (χ1n) is 7.22. The lowest BCUT2D eigenvalue weighted by Gasteiger charge is -2.37. The molecule has 5 nitrogen and oxygen atoms in total. The van der Waals surface area contributed by atoms with Gasteiger partial charge in [-0.3, -0.25) is 0 Å². The Balaban J connectivity index is 2.37. The highest BCUT2D eigenvalue weighted by molar-refractivity contribution is 5.85. The lowest BCUT2D eigenvalue weighted by atomic mass is 9.92. The van der Waals surface area contributed by atoms with E-state index < -0.39 is 11.6 Å². The van der Waals surface area contributed by atoms with Crippen LogP contribution in [-0.2, 0) is 11.2 Å². The van der Waals surface area contributed by atoms with Gasteiger partial charge in [-0.2, -0.15) is 0 Å². The second-order valence-electron chi connectivity index (χ2n) is 6.11. The van der Waals surface area contributed by atoms with Gasteiger partial charge in [0.15, 0.2) is 0 Å². The first-order valence-corrected chi connectivity index (χ1v) is 7.22. The summed E-state index contributed by atoms with van der Waals surface area (Å²) in [5.74, 6) is 0.552. The van der Waals surface area contributed by atoms with Gasteiger partial charge in [0.2, 0.25) is 5.82 Å². The highest BCUT2D eigenvalue weighted by Crippen LogP contribution is 2.30. The normalized spacial score (nSPS) is 18.3. The molecule has 0 N–H and O–H groups in total. The van der Waals surface area contributed by atoms with Crippen molar-refractivity contribution in [1.29, 1.82) is 0 Å². The molecule has 1 aliphatic rings. The number of rotatable bonds is 4. The van der Waals surface area contributed by atoms with E-state index in [0.29, 0.717) is 11.7 Å². The van der Waals surface area contributed by atoms with E-state index >= 15 is 0 Å². The van der Waals surface area contributed by atoms with Crippen molar-refractivity contribution in [3.05, 3.63) is 17.6 Å². The molecule has 1 atom stereocenters. The van der Waals surface area contributed by atoms with Gasteiger partial charge in [0.1, 0.15) is 11.5 Å². The van der Waals surface area contributed by atoms with Crippen LogP contribution in [0.25, 0.3) is 0 Å². The van der Waals surface area contributed by atoms with Crippen LogP contribution in [0.15, 0.2) is 6.20 Å². The predicted molar refractivity (Wildman–Crippen MR) is 78.3 cm³/mol. The summed E-state index contributed by atoms with van der Waals surface area (Å²) in [7, 11) is 1.29. The smallest absolute Gasteiger partial charge is 0.376 e. The van der Waals surface area contributed by atoms with Crippen molar-refractivity contribution in [2.24, 2.45) is 5.92 Å². The highest BCUT2D eigenvalue weighted by atomic mass is 19.1. The van der Waals surface area contributed by atoms with Crippen molar-refractivity contribution < 1.29 is 13.9 Å². The van der Waals surface area contributed by atoms with Gasteiger partial charge in [-0.05, 0) is 26.2 Å². The minimum atomic E-state index is -1.33. The Bertz CT molecular complexity index is 528. The number of fused-ring (bicyclic) bond motifs is 1. The van der Waals surface area contributed by atoms with Gasteiger partial charge in [0.05, 0.1) is 13.7 Å². The molecule has 1 aromatic heterocycles.